The summed E-state index contributed by atoms with van der Waals surface area (Å²) in [5, 5.41) is 11.7. The number of aromatic nitrogens is 5. The Hall–Kier alpha value is -3.52. The number of anilines is 1. The van der Waals surface area contributed by atoms with E-state index in [-0.39, 0.29) is 0 Å². The van der Waals surface area contributed by atoms with Crippen molar-refractivity contribution < 1.29 is 9.32 Å². The predicted octanol–water partition coefficient (Wildman–Crippen LogP) is 4.15. The highest BCUT2D eigenvalue weighted by Crippen LogP contribution is 2.31. The summed E-state index contributed by atoms with van der Waals surface area (Å²) in [6.07, 6.45) is 1.37. The lowest BCUT2D eigenvalue weighted by atomic mass is 10.1. The van der Waals surface area contributed by atoms with E-state index in [1.807, 2.05) is 26.0 Å². The Bertz CT molecular complexity index is 1210. The van der Waals surface area contributed by atoms with Crippen molar-refractivity contribution in [2.24, 2.45) is 0 Å². The summed E-state index contributed by atoms with van der Waals surface area (Å²) in [5.74, 6) is 0.856. The third kappa shape index (κ3) is 3.62. The Morgan fingerprint density at radius 1 is 1.14 bits per heavy atom. The molecule has 0 fully saturated rings. The van der Waals surface area contributed by atoms with Crippen LogP contribution in [0.25, 0.3) is 17.1 Å². The number of halogens is 1. The van der Waals surface area contributed by atoms with E-state index in [2.05, 4.69) is 25.5 Å². The third-order valence-corrected chi connectivity index (χ3v) is 4.67. The van der Waals surface area contributed by atoms with Crippen molar-refractivity contribution in [1.29, 1.82) is 0 Å². The van der Waals surface area contributed by atoms with Gasteiger partial charge < -0.3 is 9.84 Å². The van der Waals surface area contributed by atoms with E-state index in [1.165, 1.54) is 6.33 Å². The molecule has 3 aromatic heterocycles. The van der Waals surface area contributed by atoms with Crippen LogP contribution in [0.2, 0.25) is 5.02 Å². The van der Waals surface area contributed by atoms with Crippen molar-refractivity contribution in [3.05, 3.63) is 70.5 Å². The van der Waals surface area contributed by atoms with Crippen LogP contribution in [-0.4, -0.2) is 30.8 Å². The van der Waals surface area contributed by atoms with Crippen LogP contribution in [-0.2, 0) is 0 Å². The lowest BCUT2D eigenvalue weighted by Gasteiger charge is -2.08. The van der Waals surface area contributed by atoms with Gasteiger partial charge in [0, 0.05) is 17.3 Å². The molecular weight excluding hydrogens is 392 g/mol. The molecule has 0 spiro atoms. The largest absolute Gasteiger partial charge is 0.360 e. The number of amides is 1. The topological polar surface area (TPSA) is 98.7 Å². The number of carbonyl (C=O) groups excluding carboxylic acids is 1. The fourth-order valence-electron chi connectivity index (χ4n) is 3.05. The minimum atomic E-state index is -0.406. The van der Waals surface area contributed by atoms with E-state index >= 15 is 0 Å². The molecule has 1 amide bonds. The van der Waals surface area contributed by atoms with Crippen molar-refractivity contribution >= 4 is 23.3 Å². The van der Waals surface area contributed by atoms with Crippen molar-refractivity contribution in [2.75, 3.05) is 5.32 Å². The minimum absolute atomic E-state index is 0.296. The smallest absolute Gasteiger partial charge is 0.262 e. The molecule has 0 saturated carbocycles. The van der Waals surface area contributed by atoms with Crippen LogP contribution in [0.15, 0.2) is 47.2 Å². The number of benzene rings is 1. The number of rotatable bonds is 4. The molecule has 9 heteroatoms. The van der Waals surface area contributed by atoms with Gasteiger partial charge in [-0.15, -0.1) is 0 Å². The van der Waals surface area contributed by atoms with Gasteiger partial charge in [-0.3, -0.25) is 4.79 Å². The summed E-state index contributed by atoms with van der Waals surface area (Å²) in [5.41, 5.74) is 3.08. The molecule has 0 unspecified atom stereocenters. The first-order chi connectivity index (χ1) is 13.9. The normalized spacial score (nSPS) is 10.9. The van der Waals surface area contributed by atoms with E-state index in [9.17, 15) is 4.79 Å². The highest BCUT2D eigenvalue weighted by atomic mass is 35.5. The molecule has 0 aliphatic heterocycles. The van der Waals surface area contributed by atoms with E-state index in [0.717, 1.165) is 11.4 Å². The van der Waals surface area contributed by atoms with Gasteiger partial charge in [0.15, 0.2) is 5.82 Å². The first-order valence-corrected chi connectivity index (χ1v) is 9.20. The SMILES string of the molecule is Cc1cc(C)n(-c2cc(NC(=O)c3c(-c4ccccc4Cl)noc3C)ncn2)n1. The van der Waals surface area contributed by atoms with Crippen molar-refractivity contribution in [2.45, 2.75) is 20.8 Å². The van der Waals surface area contributed by atoms with Crippen molar-refractivity contribution in [3.63, 3.8) is 0 Å². The second-order valence-corrected chi connectivity index (χ2v) is 6.90. The maximum Gasteiger partial charge on any atom is 0.262 e. The van der Waals surface area contributed by atoms with E-state index < -0.39 is 5.91 Å². The number of hydrogen-bond donors (Lipinski definition) is 1. The fourth-order valence-corrected chi connectivity index (χ4v) is 3.27. The molecule has 0 radical (unpaired) electrons. The second kappa shape index (κ2) is 7.48. The molecule has 4 rings (SSSR count). The zero-order chi connectivity index (χ0) is 20.5. The van der Waals surface area contributed by atoms with Gasteiger partial charge in [0.05, 0.1) is 10.7 Å². The van der Waals surface area contributed by atoms with E-state index in [0.29, 0.717) is 39.2 Å². The van der Waals surface area contributed by atoms with Gasteiger partial charge in [0.2, 0.25) is 0 Å². The van der Waals surface area contributed by atoms with Gasteiger partial charge >= 0.3 is 0 Å². The summed E-state index contributed by atoms with van der Waals surface area (Å²) in [4.78, 5) is 21.4. The van der Waals surface area contributed by atoms with Crippen LogP contribution in [0, 0.1) is 20.8 Å². The van der Waals surface area contributed by atoms with Crippen LogP contribution in [0.4, 0.5) is 5.82 Å². The number of aryl methyl sites for hydroxylation is 3. The van der Waals surface area contributed by atoms with Gasteiger partial charge in [-0.1, -0.05) is 35.0 Å². The van der Waals surface area contributed by atoms with Gasteiger partial charge in [-0.2, -0.15) is 5.10 Å². The lowest BCUT2D eigenvalue weighted by molar-refractivity contribution is 0.102. The first-order valence-electron chi connectivity index (χ1n) is 8.82. The predicted molar refractivity (Wildman–Crippen MR) is 108 cm³/mol. The summed E-state index contributed by atoms with van der Waals surface area (Å²) in [6.45, 7) is 5.50. The molecule has 0 aliphatic carbocycles. The number of nitrogens with zero attached hydrogens (tertiary/aromatic N) is 5. The Labute approximate surface area is 171 Å². The molecule has 29 heavy (non-hydrogen) atoms. The molecule has 4 aromatic rings. The standard InChI is InChI=1S/C20H17ClN6O2/c1-11-8-12(2)27(25-11)17-9-16(22-10-23-17)24-20(28)18-13(3)29-26-19(18)14-6-4-5-7-15(14)21/h4-10H,1-3H3,(H,22,23,24,28). The Kier molecular flexibility index (Phi) is 4.85. The number of hydrogen-bond acceptors (Lipinski definition) is 6. The van der Waals surface area contributed by atoms with Gasteiger partial charge in [-0.25, -0.2) is 14.6 Å². The second-order valence-electron chi connectivity index (χ2n) is 6.50. The Morgan fingerprint density at radius 2 is 1.93 bits per heavy atom. The van der Waals surface area contributed by atoms with Gasteiger partial charge in [-0.05, 0) is 32.9 Å². The molecule has 1 aromatic carbocycles. The molecule has 8 nitrogen and oxygen atoms in total. The molecule has 0 bridgehead atoms. The Morgan fingerprint density at radius 3 is 2.66 bits per heavy atom. The van der Waals surface area contributed by atoms with Crippen LogP contribution in [0.5, 0.6) is 0 Å². The molecule has 3 heterocycles. The molecular formula is C20H17ClN6O2. The van der Waals surface area contributed by atoms with Gasteiger partial charge in [0.25, 0.3) is 5.91 Å². The molecule has 0 saturated heterocycles. The highest BCUT2D eigenvalue weighted by Gasteiger charge is 2.23. The fraction of sp³-hybridized carbons (Fsp3) is 0.150. The zero-order valence-electron chi connectivity index (χ0n) is 16.0. The minimum Gasteiger partial charge on any atom is -0.360 e. The summed E-state index contributed by atoms with van der Waals surface area (Å²) >= 11 is 6.27. The van der Waals surface area contributed by atoms with Crippen LogP contribution >= 0.6 is 11.6 Å². The average molecular weight is 409 g/mol. The van der Waals surface area contributed by atoms with E-state index in [1.54, 1.807) is 35.9 Å². The molecule has 0 atom stereocenters. The maximum absolute atomic E-state index is 13.0. The summed E-state index contributed by atoms with van der Waals surface area (Å²) in [7, 11) is 0. The number of carbonyl (C=O) groups is 1. The third-order valence-electron chi connectivity index (χ3n) is 4.34. The molecule has 0 aliphatic rings. The maximum atomic E-state index is 13.0. The van der Waals surface area contributed by atoms with Crippen LogP contribution < -0.4 is 5.32 Å². The lowest BCUT2D eigenvalue weighted by Crippen LogP contribution is -2.15. The monoisotopic (exact) mass is 408 g/mol. The molecule has 1 N–H and O–H groups in total. The highest BCUT2D eigenvalue weighted by molar-refractivity contribution is 6.33. The van der Waals surface area contributed by atoms with Crippen LogP contribution in [0.3, 0.4) is 0 Å². The number of nitrogens with one attached hydrogen (secondary N) is 1. The molecule has 146 valence electrons. The van der Waals surface area contributed by atoms with Crippen molar-refractivity contribution in [3.8, 4) is 17.1 Å². The quantitative estimate of drug-likeness (QED) is 0.544. The Balaban J connectivity index is 1.66. The first kappa shape index (κ1) is 18.8. The van der Waals surface area contributed by atoms with Gasteiger partial charge in [0.1, 0.15) is 29.2 Å². The summed E-state index contributed by atoms with van der Waals surface area (Å²) in [6, 6.07) is 10.7. The van der Waals surface area contributed by atoms with Crippen molar-refractivity contribution in [1.82, 2.24) is 24.9 Å². The summed E-state index contributed by atoms with van der Waals surface area (Å²) < 4.78 is 6.95. The average Bonchev–Trinajstić information content (AvgIpc) is 3.24. The van der Waals surface area contributed by atoms with E-state index in [4.69, 9.17) is 16.1 Å². The zero-order valence-corrected chi connectivity index (χ0v) is 16.7. The van der Waals surface area contributed by atoms with Crippen LogP contribution in [0.1, 0.15) is 27.5 Å².